The topological polar surface area (TPSA) is 104 Å². The molecule has 1 saturated heterocycles. The molecule has 0 bridgehead atoms. The predicted molar refractivity (Wildman–Crippen MR) is 115 cm³/mol. The quantitative estimate of drug-likeness (QED) is 0.383. The van der Waals surface area contributed by atoms with Crippen molar-refractivity contribution in [1.29, 1.82) is 0 Å². The number of carbonyl (C=O) groups excluding carboxylic acids is 1. The number of likely N-dealkylation sites (tertiary alicyclic amines) is 1. The van der Waals surface area contributed by atoms with E-state index in [9.17, 15) is 18.4 Å². The van der Waals surface area contributed by atoms with Crippen LogP contribution in [0.5, 0.6) is 0 Å². The number of hydrazone groups is 1. The Morgan fingerprint density at radius 2 is 1.74 bits per heavy atom. The fraction of sp³-hybridized carbons (Fsp3) is 0.182. The van der Waals surface area contributed by atoms with Gasteiger partial charge in [-0.3, -0.25) is 14.6 Å². The van der Waals surface area contributed by atoms with Gasteiger partial charge in [0.15, 0.2) is 11.6 Å². The van der Waals surface area contributed by atoms with Gasteiger partial charge in [-0.15, -0.1) is 0 Å². The molecule has 1 aliphatic heterocycles. The van der Waals surface area contributed by atoms with Gasteiger partial charge in [-0.25, -0.2) is 8.78 Å². The normalized spacial score (nSPS) is 14.6. The summed E-state index contributed by atoms with van der Waals surface area (Å²) >= 11 is 0. The smallest absolute Gasteiger partial charge is 0.258 e. The highest BCUT2D eigenvalue weighted by atomic mass is 19.2. The average Bonchev–Trinajstić information content (AvgIpc) is 3.31. The first-order valence-electron chi connectivity index (χ1n) is 9.70. The number of pyridine rings is 1. The van der Waals surface area contributed by atoms with Crippen molar-refractivity contribution in [3.05, 3.63) is 75.6 Å². The molecule has 0 saturated carbocycles. The number of rotatable bonds is 4. The van der Waals surface area contributed by atoms with Crippen molar-refractivity contribution in [1.82, 2.24) is 9.88 Å². The van der Waals surface area contributed by atoms with Crippen molar-refractivity contribution in [2.45, 2.75) is 12.8 Å². The summed E-state index contributed by atoms with van der Waals surface area (Å²) in [7, 11) is 0. The van der Waals surface area contributed by atoms with Gasteiger partial charge in [0.1, 0.15) is 5.71 Å². The Hall–Kier alpha value is -3.88. The van der Waals surface area contributed by atoms with Crippen molar-refractivity contribution in [3.8, 4) is 0 Å². The Morgan fingerprint density at radius 1 is 1.06 bits per heavy atom. The Labute approximate surface area is 175 Å². The number of hydrogen-bond donors (Lipinski definition) is 2. The second-order valence-corrected chi connectivity index (χ2v) is 7.18. The zero-order valence-electron chi connectivity index (χ0n) is 16.4. The number of amides is 1. The number of nitrogens with one attached hydrogen (secondary N) is 1. The van der Waals surface area contributed by atoms with Crippen molar-refractivity contribution < 1.29 is 13.6 Å². The molecule has 2 aromatic carbocycles. The first kappa shape index (κ1) is 20.4. The summed E-state index contributed by atoms with van der Waals surface area (Å²) in [6, 6.07) is 9.98. The number of aromatic amines is 1. The van der Waals surface area contributed by atoms with Crippen molar-refractivity contribution in [2.75, 3.05) is 13.1 Å². The lowest BCUT2D eigenvalue weighted by molar-refractivity contribution is 0.0793. The van der Waals surface area contributed by atoms with Gasteiger partial charge in [0.25, 0.3) is 11.5 Å². The molecule has 0 atom stereocenters. The number of aliphatic imine (C=N–C) groups is 1. The van der Waals surface area contributed by atoms with E-state index in [1.54, 1.807) is 24.3 Å². The standard InChI is InChI=1S/C22H19F2N5O2/c23-17-10-14-9-16(21(30)27-19(14)11-18(17)24)20(28-25)12-26-15-5-3-13(4-6-15)22(31)29-7-1-2-8-29/h3-6,9-12H,1-2,7-8,25H2,(H,27,30). The van der Waals surface area contributed by atoms with E-state index in [2.05, 4.69) is 15.1 Å². The Bertz CT molecular complexity index is 1260. The number of hydrogen-bond acceptors (Lipinski definition) is 5. The third-order valence-corrected chi connectivity index (χ3v) is 5.14. The minimum absolute atomic E-state index is 0.0106. The average molecular weight is 423 g/mol. The minimum Gasteiger partial charge on any atom is -0.339 e. The van der Waals surface area contributed by atoms with Crippen molar-refractivity contribution >= 4 is 34.4 Å². The monoisotopic (exact) mass is 423 g/mol. The molecular formula is C22H19F2N5O2. The number of benzene rings is 2. The number of fused-ring (bicyclic) bond motifs is 1. The van der Waals surface area contributed by atoms with Crippen molar-refractivity contribution in [3.63, 3.8) is 0 Å². The number of H-pyrrole nitrogens is 1. The fourth-order valence-corrected chi connectivity index (χ4v) is 3.49. The summed E-state index contributed by atoms with van der Waals surface area (Å²) in [5, 5.41) is 3.88. The molecular weight excluding hydrogens is 404 g/mol. The molecule has 2 heterocycles. The van der Waals surface area contributed by atoms with Gasteiger partial charge in [-0.2, -0.15) is 5.10 Å². The molecule has 1 amide bonds. The van der Waals surface area contributed by atoms with Crippen LogP contribution in [0.1, 0.15) is 28.8 Å². The third kappa shape index (κ3) is 4.20. The highest BCUT2D eigenvalue weighted by molar-refractivity contribution is 6.38. The summed E-state index contributed by atoms with van der Waals surface area (Å²) in [5.74, 6) is 3.33. The molecule has 1 aromatic heterocycles. The molecule has 9 heteroatoms. The van der Waals surface area contributed by atoms with E-state index < -0.39 is 17.2 Å². The molecule has 7 nitrogen and oxygen atoms in total. The maximum absolute atomic E-state index is 13.5. The summed E-state index contributed by atoms with van der Waals surface area (Å²) in [5.41, 5.74) is 0.814. The Kier molecular flexibility index (Phi) is 5.57. The SMILES string of the molecule is NN=C(C=Nc1ccc(C(=O)N2CCCC2)cc1)c1cc2cc(F)c(F)cc2[nH]c1=O. The molecule has 158 valence electrons. The van der Waals surface area contributed by atoms with E-state index >= 15 is 0 Å². The van der Waals surface area contributed by atoms with Gasteiger partial charge in [-0.1, -0.05) is 0 Å². The summed E-state index contributed by atoms with van der Waals surface area (Å²) in [6.45, 7) is 1.54. The molecule has 0 spiro atoms. The fourth-order valence-electron chi connectivity index (χ4n) is 3.49. The van der Waals surface area contributed by atoms with Gasteiger partial charge in [0, 0.05) is 30.1 Å². The first-order chi connectivity index (χ1) is 15.0. The molecule has 1 aliphatic rings. The predicted octanol–water partition coefficient (Wildman–Crippen LogP) is 3.11. The molecule has 4 rings (SSSR count). The number of nitrogens with zero attached hydrogens (tertiary/aromatic N) is 3. The lowest BCUT2D eigenvalue weighted by Crippen LogP contribution is -2.27. The van der Waals surface area contributed by atoms with Gasteiger partial charge >= 0.3 is 0 Å². The molecule has 3 aromatic rings. The van der Waals surface area contributed by atoms with Crippen LogP contribution in [-0.2, 0) is 0 Å². The van der Waals surface area contributed by atoms with E-state index in [-0.39, 0.29) is 28.1 Å². The van der Waals surface area contributed by atoms with Crippen LogP contribution in [0.15, 0.2) is 57.4 Å². The maximum atomic E-state index is 13.5. The molecule has 0 unspecified atom stereocenters. The molecule has 0 aliphatic carbocycles. The third-order valence-electron chi connectivity index (χ3n) is 5.14. The summed E-state index contributed by atoms with van der Waals surface area (Å²) in [4.78, 5) is 33.3. The Morgan fingerprint density at radius 3 is 2.42 bits per heavy atom. The second-order valence-electron chi connectivity index (χ2n) is 7.18. The van der Waals surface area contributed by atoms with Crippen LogP contribution >= 0.6 is 0 Å². The number of aromatic nitrogens is 1. The number of nitrogens with two attached hydrogens (primary N) is 1. The molecule has 3 N–H and O–H groups in total. The van der Waals surface area contributed by atoms with Crippen LogP contribution in [0.25, 0.3) is 10.9 Å². The zero-order chi connectivity index (χ0) is 22.0. The largest absolute Gasteiger partial charge is 0.339 e. The molecule has 31 heavy (non-hydrogen) atoms. The zero-order valence-corrected chi connectivity index (χ0v) is 16.4. The first-order valence-corrected chi connectivity index (χ1v) is 9.70. The van der Waals surface area contributed by atoms with Crippen LogP contribution in [0.2, 0.25) is 0 Å². The van der Waals surface area contributed by atoms with Gasteiger partial charge in [0.05, 0.1) is 23.0 Å². The van der Waals surface area contributed by atoms with Crippen molar-refractivity contribution in [2.24, 2.45) is 15.9 Å². The van der Waals surface area contributed by atoms with Crippen LogP contribution in [0.4, 0.5) is 14.5 Å². The van der Waals surface area contributed by atoms with Gasteiger partial charge in [-0.05, 0) is 49.2 Å². The maximum Gasteiger partial charge on any atom is 0.258 e. The minimum atomic E-state index is -1.06. The lowest BCUT2D eigenvalue weighted by atomic mass is 10.1. The molecule has 1 fully saturated rings. The highest BCUT2D eigenvalue weighted by Gasteiger charge is 2.19. The number of halogens is 2. The van der Waals surface area contributed by atoms with E-state index in [0.29, 0.717) is 11.3 Å². The van der Waals surface area contributed by atoms with Crippen LogP contribution < -0.4 is 11.4 Å². The van der Waals surface area contributed by atoms with Crippen LogP contribution in [-0.4, -0.2) is 40.8 Å². The highest BCUT2D eigenvalue weighted by Crippen LogP contribution is 2.18. The summed E-state index contributed by atoms with van der Waals surface area (Å²) < 4.78 is 26.9. The number of carbonyl (C=O) groups is 1. The van der Waals surface area contributed by atoms with Crippen LogP contribution in [0, 0.1) is 11.6 Å². The Balaban J connectivity index is 1.58. The van der Waals surface area contributed by atoms with E-state index in [1.807, 2.05) is 4.90 Å². The van der Waals surface area contributed by atoms with E-state index in [4.69, 9.17) is 5.84 Å². The second kappa shape index (κ2) is 8.47. The van der Waals surface area contributed by atoms with E-state index in [0.717, 1.165) is 38.1 Å². The summed E-state index contributed by atoms with van der Waals surface area (Å²) in [6.07, 6.45) is 3.34. The van der Waals surface area contributed by atoms with Gasteiger partial charge in [0.2, 0.25) is 0 Å². The van der Waals surface area contributed by atoms with Gasteiger partial charge < -0.3 is 15.7 Å². The van der Waals surface area contributed by atoms with Crippen LogP contribution in [0.3, 0.4) is 0 Å². The van der Waals surface area contributed by atoms with E-state index in [1.165, 1.54) is 12.3 Å². The lowest BCUT2D eigenvalue weighted by Gasteiger charge is -2.14. The molecule has 0 radical (unpaired) electrons.